The van der Waals surface area contributed by atoms with Crippen molar-refractivity contribution in [2.24, 2.45) is 5.92 Å². The number of aromatic amines is 1. The van der Waals surface area contributed by atoms with Crippen molar-refractivity contribution in [1.82, 2.24) is 19.9 Å². The zero-order valence-electron chi connectivity index (χ0n) is 11.5. The van der Waals surface area contributed by atoms with Gasteiger partial charge in [-0.25, -0.2) is 15.0 Å². The van der Waals surface area contributed by atoms with Gasteiger partial charge < -0.3 is 4.98 Å². The Balaban J connectivity index is 1.83. The molecule has 3 rings (SSSR count). The minimum absolute atomic E-state index is 0.653. The molecule has 102 valence electrons. The summed E-state index contributed by atoms with van der Waals surface area (Å²) in [5.41, 5.74) is 2.43. The van der Waals surface area contributed by atoms with Crippen molar-refractivity contribution in [1.29, 1.82) is 0 Å². The standard InChI is InChI=1S/C15H16N4S/c1-10(2)9-20-12-5-3-11(4-6-12)13-18-14-15(19-13)17-8-7-16-14/h3-8,10H,9H2,1-2H3,(H,16,17,18,19). The minimum atomic E-state index is 0.653. The molecule has 0 saturated carbocycles. The minimum Gasteiger partial charge on any atom is -0.321 e. The van der Waals surface area contributed by atoms with Crippen molar-refractivity contribution in [2.75, 3.05) is 5.75 Å². The van der Waals surface area contributed by atoms with E-state index >= 15 is 0 Å². The van der Waals surface area contributed by atoms with E-state index in [9.17, 15) is 0 Å². The van der Waals surface area contributed by atoms with Crippen LogP contribution in [0.5, 0.6) is 0 Å². The fourth-order valence-corrected chi connectivity index (χ4v) is 2.71. The molecule has 0 atom stereocenters. The van der Waals surface area contributed by atoms with Gasteiger partial charge in [0, 0.05) is 28.6 Å². The van der Waals surface area contributed by atoms with E-state index in [-0.39, 0.29) is 0 Å². The van der Waals surface area contributed by atoms with Gasteiger partial charge in [-0.05, 0) is 18.1 Å². The third-order valence-corrected chi connectivity index (χ3v) is 4.28. The maximum Gasteiger partial charge on any atom is 0.197 e. The number of imidazole rings is 1. The quantitative estimate of drug-likeness (QED) is 0.741. The number of benzene rings is 1. The second-order valence-corrected chi connectivity index (χ2v) is 6.14. The number of hydrogen-bond donors (Lipinski definition) is 1. The third-order valence-electron chi connectivity index (χ3n) is 2.84. The van der Waals surface area contributed by atoms with Gasteiger partial charge in [0.05, 0.1) is 0 Å². The van der Waals surface area contributed by atoms with Crippen LogP contribution in [0.15, 0.2) is 41.6 Å². The highest BCUT2D eigenvalue weighted by Crippen LogP contribution is 2.24. The van der Waals surface area contributed by atoms with Gasteiger partial charge in [0.1, 0.15) is 5.82 Å². The lowest BCUT2D eigenvalue weighted by Crippen LogP contribution is -1.90. The molecular formula is C15H16N4S. The Morgan fingerprint density at radius 1 is 1.10 bits per heavy atom. The summed E-state index contributed by atoms with van der Waals surface area (Å²) in [6.07, 6.45) is 3.31. The molecule has 2 heterocycles. The first-order chi connectivity index (χ1) is 9.72. The Kier molecular flexibility index (Phi) is 3.69. The van der Waals surface area contributed by atoms with Crippen LogP contribution in [0.25, 0.3) is 22.7 Å². The smallest absolute Gasteiger partial charge is 0.197 e. The van der Waals surface area contributed by atoms with Crippen molar-refractivity contribution in [3.63, 3.8) is 0 Å². The Morgan fingerprint density at radius 3 is 2.55 bits per heavy atom. The maximum absolute atomic E-state index is 4.45. The van der Waals surface area contributed by atoms with Gasteiger partial charge in [0.15, 0.2) is 11.3 Å². The van der Waals surface area contributed by atoms with E-state index in [1.807, 2.05) is 11.8 Å². The van der Waals surface area contributed by atoms with Gasteiger partial charge in [-0.2, -0.15) is 0 Å². The number of nitrogens with one attached hydrogen (secondary N) is 1. The van der Waals surface area contributed by atoms with Crippen molar-refractivity contribution < 1.29 is 0 Å². The van der Waals surface area contributed by atoms with Gasteiger partial charge in [-0.3, -0.25) is 0 Å². The highest BCUT2D eigenvalue weighted by atomic mass is 32.2. The van der Waals surface area contributed by atoms with Crippen LogP contribution in [0, 0.1) is 5.92 Å². The Bertz CT molecular complexity index is 670. The lowest BCUT2D eigenvalue weighted by Gasteiger charge is -2.04. The summed E-state index contributed by atoms with van der Waals surface area (Å²) < 4.78 is 0. The average molecular weight is 284 g/mol. The van der Waals surface area contributed by atoms with E-state index in [2.05, 4.69) is 58.0 Å². The average Bonchev–Trinajstić information content (AvgIpc) is 2.89. The summed E-state index contributed by atoms with van der Waals surface area (Å²) in [4.78, 5) is 17.3. The van der Waals surface area contributed by atoms with Crippen LogP contribution in [-0.4, -0.2) is 25.7 Å². The summed E-state index contributed by atoms with van der Waals surface area (Å²) in [6, 6.07) is 8.44. The van der Waals surface area contributed by atoms with Gasteiger partial charge in [0.25, 0.3) is 0 Å². The number of aromatic nitrogens is 4. The van der Waals surface area contributed by atoms with Gasteiger partial charge in [-0.1, -0.05) is 26.0 Å². The summed E-state index contributed by atoms with van der Waals surface area (Å²) in [6.45, 7) is 4.46. The lowest BCUT2D eigenvalue weighted by molar-refractivity contribution is 0.750. The van der Waals surface area contributed by atoms with Crippen LogP contribution >= 0.6 is 11.8 Å². The molecule has 0 radical (unpaired) electrons. The first-order valence-electron chi connectivity index (χ1n) is 6.62. The van der Waals surface area contributed by atoms with E-state index in [0.29, 0.717) is 11.6 Å². The molecule has 0 fully saturated rings. The summed E-state index contributed by atoms with van der Waals surface area (Å²) in [5, 5.41) is 0. The van der Waals surface area contributed by atoms with E-state index in [0.717, 1.165) is 22.8 Å². The van der Waals surface area contributed by atoms with Gasteiger partial charge in [0.2, 0.25) is 0 Å². The molecule has 0 saturated heterocycles. The van der Waals surface area contributed by atoms with E-state index in [4.69, 9.17) is 0 Å². The molecule has 0 bridgehead atoms. The Morgan fingerprint density at radius 2 is 1.85 bits per heavy atom. The first kappa shape index (κ1) is 13.1. The number of fused-ring (bicyclic) bond motifs is 1. The van der Waals surface area contributed by atoms with E-state index < -0.39 is 0 Å². The molecule has 20 heavy (non-hydrogen) atoms. The molecule has 1 aromatic carbocycles. The fourth-order valence-electron chi connectivity index (χ4n) is 1.86. The Hall–Kier alpha value is -1.88. The van der Waals surface area contributed by atoms with Gasteiger partial charge >= 0.3 is 0 Å². The van der Waals surface area contributed by atoms with Crippen molar-refractivity contribution in [2.45, 2.75) is 18.7 Å². The molecule has 5 heteroatoms. The van der Waals surface area contributed by atoms with Crippen LogP contribution in [0.1, 0.15) is 13.8 Å². The highest BCUT2D eigenvalue weighted by molar-refractivity contribution is 7.99. The van der Waals surface area contributed by atoms with Gasteiger partial charge in [-0.15, -0.1) is 11.8 Å². The SMILES string of the molecule is CC(C)CSc1ccc(-c2nc3nccnc3[nH]2)cc1. The monoisotopic (exact) mass is 284 g/mol. The molecule has 2 aromatic heterocycles. The van der Waals surface area contributed by atoms with Crippen LogP contribution in [0.3, 0.4) is 0 Å². The second-order valence-electron chi connectivity index (χ2n) is 5.04. The van der Waals surface area contributed by atoms with Crippen LogP contribution in [0.2, 0.25) is 0 Å². The molecule has 0 amide bonds. The second kappa shape index (κ2) is 5.63. The van der Waals surface area contributed by atoms with Crippen LogP contribution < -0.4 is 0 Å². The van der Waals surface area contributed by atoms with Crippen molar-refractivity contribution >= 4 is 23.1 Å². The lowest BCUT2D eigenvalue weighted by atomic mass is 10.2. The molecule has 0 spiro atoms. The molecular weight excluding hydrogens is 268 g/mol. The predicted molar refractivity (Wildman–Crippen MR) is 82.7 cm³/mol. The first-order valence-corrected chi connectivity index (χ1v) is 7.61. The maximum atomic E-state index is 4.45. The zero-order valence-corrected chi connectivity index (χ0v) is 12.3. The molecule has 1 N–H and O–H groups in total. The normalized spacial score (nSPS) is 11.3. The van der Waals surface area contributed by atoms with Crippen molar-refractivity contribution in [3.05, 3.63) is 36.7 Å². The summed E-state index contributed by atoms with van der Waals surface area (Å²) in [5.74, 6) is 2.65. The van der Waals surface area contributed by atoms with Crippen LogP contribution in [-0.2, 0) is 0 Å². The molecule has 4 nitrogen and oxygen atoms in total. The molecule has 3 aromatic rings. The number of hydrogen-bond acceptors (Lipinski definition) is 4. The number of thioether (sulfide) groups is 1. The predicted octanol–water partition coefficient (Wildman–Crippen LogP) is 3.77. The molecule has 0 aliphatic rings. The molecule has 0 aliphatic heterocycles. The van der Waals surface area contributed by atoms with E-state index in [1.165, 1.54) is 4.90 Å². The summed E-state index contributed by atoms with van der Waals surface area (Å²) >= 11 is 1.88. The Labute approximate surface area is 122 Å². The van der Waals surface area contributed by atoms with Crippen molar-refractivity contribution in [3.8, 4) is 11.4 Å². The topological polar surface area (TPSA) is 54.5 Å². The zero-order chi connectivity index (χ0) is 13.9. The number of H-pyrrole nitrogens is 1. The van der Waals surface area contributed by atoms with Crippen LogP contribution in [0.4, 0.5) is 0 Å². The molecule has 0 unspecified atom stereocenters. The van der Waals surface area contributed by atoms with E-state index in [1.54, 1.807) is 12.4 Å². The summed E-state index contributed by atoms with van der Waals surface area (Å²) in [7, 11) is 0. The number of rotatable bonds is 4. The largest absolute Gasteiger partial charge is 0.321 e. The molecule has 0 aliphatic carbocycles. The number of nitrogens with zero attached hydrogens (tertiary/aromatic N) is 3. The fraction of sp³-hybridized carbons (Fsp3) is 0.267. The highest BCUT2D eigenvalue weighted by Gasteiger charge is 2.06. The third kappa shape index (κ3) is 2.82.